The van der Waals surface area contributed by atoms with Crippen molar-refractivity contribution in [3.63, 3.8) is 0 Å². The summed E-state index contributed by atoms with van der Waals surface area (Å²) in [5.74, 6) is 0.363. The fourth-order valence-electron chi connectivity index (χ4n) is 3.10. The van der Waals surface area contributed by atoms with E-state index in [1.807, 2.05) is 13.0 Å². The first-order valence-corrected chi connectivity index (χ1v) is 9.51. The number of anilines is 1. The van der Waals surface area contributed by atoms with Crippen molar-refractivity contribution in [3.05, 3.63) is 23.8 Å². The van der Waals surface area contributed by atoms with Crippen molar-refractivity contribution in [1.29, 1.82) is 0 Å². The molecular weight excluding hydrogens is 298 g/mol. The molecule has 6 heteroatoms. The summed E-state index contributed by atoms with van der Waals surface area (Å²) in [7, 11) is -3.52. The van der Waals surface area contributed by atoms with Gasteiger partial charge in [-0.2, -0.15) is 0 Å². The van der Waals surface area contributed by atoms with Gasteiger partial charge in [0.05, 0.1) is 11.7 Å². The molecular formula is C16H23N3O2S. The van der Waals surface area contributed by atoms with Gasteiger partial charge in [-0.15, -0.1) is 0 Å². The summed E-state index contributed by atoms with van der Waals surface area (Å²) in [5.41, 5.74) is 1.53. The molecule has 1 aliphatic heterocycles. The Balaban J connectivity index is 1.84. The predicted molar refractivity (Wildman–Crippen MR) is 88.7 cm³/mol. The Morgan fingerprint density at radius 2 is 1.77 bits per heavy atom. The van der Waals surface area contributed by atoms with Crippen LogP contribution in [0.15, 0.2) is 28.1 Å². The summed E-state index contributed by atoms with van der Waals surface area (Å²) in [6, 6.07) is 5.59. The second-order valence-corrected chi connectivity index (χ2v) is 7.86. The zero-order chi connectivity index (χ0) is 15.6. The van der Waals surface area contributed by atoms with Crippen molar-refractivity contribution in [2.45, 2.75) is 62.8 Å². The van der Waals surface area contributed by atoms with Crippen LogP contribution in [0.3, 0.4) is 0 Å². The quantitative estimate of drug-likeness (QED) is 0.834. The number of benzene rings is 1. The molecule has 0 radical (unpaired) electrons. The van der Waals surface area contributed by atoms with Crippen molar-refractivity contribution in [2.24, 2.45) is 4.99 Å². The number of nitrogens with one attached hydrogen (secondary N) is 2. The van der Waals surface area contributed by atoms with Crippen molar-refractivity contribution >= 4 is 21.7 Å². The summed E-state index contributed by atoms with van der Waals surface area (Å²) < 4.78 is 27.3. The molecule has 3 rings (SSSR count). The molecule has 1 aromatic carbocycles. The van der Waals surface area contributed by atoms with Gasteiger partial charge in [-0.05, 0) is 37.5 Å². The normalized spacial score (nSPS) is 23.8. The lowest BCUT2D eigenvalue weighted by Gasteiger charge is -2.24. The van der Waals surface area contributed by atoms with Gasteiger partial charge in [0.2, 0.25) is 5.96 Å². The summed E-state index contributed by atoms with van der Waals surface area (Å²) >= 11 is 0. The molecule has 1 heterocycles. The minimum atomic E-state index is -3.52. The Kier molecular flexibility index (Phi) is 4.38. The first-order chi connectivity index (χ1) is 10.5. The van der Waals surface area contributed by atoms with E-state index in [1.54, 1.807) is 12.1 Å². The number of aryl methyl sites for hydroxylation is 1. The van der Waals surface area contributed by atoms with Crippen LogP contribution in [-0.2, 0) is 10.0 Å². The van der Waals surface area contributed by atoms with Crippen LogP contribution < -0.4 is 10.0 Å². The highest BCUT2D eigenvalue weighted by molar-refractivity contribution is 7.90. The summed E-state index contributed by atoms with van der Waals surface area (Å²) in [5, 5.41) is 3.12. The smallest absolute Gasteiger partial charge is 0.266 e. The minimum Gasteiger partial charge on any atom is -0.324 e. The third kappa shape index (κ3) is 3.43. The Labute approximate surface area is 132 Å². The Hall–Kier alpha value is -1.56. The van der Waals surface area contributed by atoms with Gasteiger partial charge in [-0.1, -0.05) is 38.2 Å². The molecule has 1 aliphatic carbocycles. The van der Waals surface area contributed by atoms with Crippen LogP contribution in [0.5, 0.6) is 0 Å². The lowest BCUT2D eigenvalue weighted by Crippen LogP contribution is -2.41. The van der Waals surface area contributed by atoms with Crippen LogP contribution in [0, 0.1) is 6.92 Å². The van der Waals surface area contributed by atoms with Gasteiger partial charge in [-0.25, -0.2) is 18.1 Å². The van der Waals surface area contributed by atoms with Gasteiger partial charge in [0, 0.05) is 0 Å². The molecule has 0 bridgehead atoms. The number of hydrogen-bond acceptors (Lipinski definition) is 3. The fourth-order valence-corrected chi connectivity index (χ4v) is 4.31. The van der Waals surface area contributed by atoms with E-state index in [-0.39, 0.29) is 6.04 Å². The first kappa shape index (κ1) is 15.3. The van der Waals surface area contributed by atoms with Gasteiger partial charge in [0.1, 0.15) is 4.90 Å². The fraction of sp³-hybridized carbons (Fsp3) is 0.562. The lowest BCUT2D eigenvalue weighted by atomic mass is 9.97. The molecule has 2 aliphatic rings. The Morgan fingerprint density at radius 1 is 1.09 bits per heavy atom. The monoisotopic (exact) mass is 321 g/mol. The molecule has 0 aromatic heterocycles. The van der Waals surface area contributed by atoms with Crippen molar-refractivity contribution < 1.29 is 8.42 Å². The molecule has 22 heavy (non-hydrogen) atoms. The number of hydrogen-bond donors (Lipinski definition) is 2. The van der Waals surface area contributed by atoms with Crippen LogP contribution in [0.25, 0.3) is 0 Å². The van der Waals surface area contributed by atoms with E-state index in [1.165, 1.54) is 32.1 Å². The van der Waals surface area contributed by atoms with E-state index in [9.17, 15) is 8.42 Å². The molecule has 0 amide bonds. The lowest BCUT2D eigenvalue weighted by molar-refractivity contribution is 0.454. The third-order valence-electron chi connectivity index (χ3n) is 4.30. The minimum absolute atomic E-state index is 0.206. The maximum Gasteiger partial charge on any atom is 0.266 e. The highest BCUT2D eigenvalue weighted by Gasteiger charge is 2.27. The van der Waals surface area contributed by atoms with Crippen LogP contribution >= 0.6 is 0 Å². The summed E-state index contributed by atoms with van der Waals surface area (Å²) in [6.07, 6.45) is 8.22. The van der Waals surface area contributed by atoms with Crippen molar-refractivity contribution in [3.8, 4) is 0 Å². The number of fused-ring (bicyclic) bond motifs is 1. The van der Waals surface area contributed by atoms with Gasteiger partial charge >= 0.3 is 0 Å². The predicted octanol–water partition coefficient (Wildman–Crippen LogP) is 3.17. The van der Waals surface area contributed by atoms with E-state index in [2.05, 4.69) is 15.0 Å². The zero-order valence-corrected chi connectivity index (χ0v) is 13.7. The van der Waals surface area contributed by atoms with Crippen LogP contribution in [-0.4, -0.2) is 20.4 Å². The second-order valence-electron chi connectivity index (χ2n) is 6.21. The standard InChI is InChI=1S/C16H23N3O2S/c1-12-9-10-14-15(11-12)22(20,21)19-16(18-14)17-13-7-5-3-2-4-6-8-13/h9-11,13H,2-8H2,1H3,(H2,17,18,19). The molecule has 1 saturated carbocycles. The maximum absolute atomic E-state index is 12.4. The topological polar surface area (TPSA) is 70.6 Å². The molecule has 5 nitrogen and oxygen atoms in total. The van der Waals surface area contributed by atoms with E-state index >= 15 is 0 Å². The maximum atomic E-state index is 12.4. The van der Waals surface area contributed by atoms with E-state index in [0.29, 0.717) is 16.5 Å². The van der Waals surface area contributed by atoms with Gasteiger partial charge in [0.15, 0.2) is 0 Å². The van der Waals surface area contributed by atoms with Crippen molar-refractivity contribution in [2.75, 3.05) is 5.32 Å². The van der Waals surface area contributed by atoms with Crippen LogP contribution in [0.4, 0.5) is 5.69 Å². The highest BCUT2D eigenvalue weighted by Crippen LogP contribution is 2.26. The molecule has 1 aromatic rings. The Bertz CT molecular complexity index is 675. The number of rotatable bonds is 1. The number of aliphatic imine (C=N–C) groups is 1. The van der Waals surface area contributed by atoms with E-state index < -0.39 is 10.0 Å². The van der Waals surface area contributed by atoms with Crippen LogP contribution in [0.1, 0.15) is 50.5 Å². The van der Waals surface area contributed by atoms with E-state index in [0.717, 1.165) is 18.4 Å². The average Bonchev–Trinajstić information content (AvgIpc) is 2.42. The van der Waals surface area contributed by atoms with Crippen LogP contribution in [0.2, 0.25) is 0 Å². The number of guanidine groups is 1. The summed E-state index contributed by atoms with van der Waals surface area (Å²) in [6.45, 7) is 1.88. The second kappa shape index (κ2) is 6.28. The van der Waals surface area contributed by atoms with Crippen molar-refractivity contribution in [1.82, 2.24) is 4.72 Å². The largest absolute Gasteiger partial charge is 0.324 e. The zero-order valence-electron chi connectivity index (χ0n) is 12.9. The molecule has 1 fully saturated rings. The molecule has 0 spiro atoms. The van der Waals surface area contributed by atoms with Gasteiger partial charge in [0.25, 0.3) is 10.0 Å². The Morgan fingerprint density at radius 3 is 2.50 bits per heavy atom. The van der Waals surface area contributed by atoms with E-state index in [4.69, 9.17) is 0 Å². The first-order valence-electron chi connectivity index (χ1n) is 8.03. The van der Waals surface area contributed by atoms with Gasteiger partial charge in [-0.3, -0.25) is 0 Å². The third-order valence-corrected chi connectivity index (χ3v) is 5.68. The average molecular weight is 321 g/mol. The molecule has 0 saturated heterocycles. The molecule has 0 unspecified atom stereocenters. The number of nitrogens with zero attached hydrogens (tertiary/aromatic N) is 1. The SMILES string of the molecule is Cc1ccc2c(c1)S(=O)(=O)NC(=NC1CCCCCCC1)N2. The highest BCUT2D eigenvalue weighted by atomic mass is 32.2. The summed E-state index contributed by atoms with van der Waals surface area (Å²) in [4.78, 5) is 4.92. The molecule has 120 valence electrons. The number of sulfonamides is 1. The molecule has 2 N–H and O–H groups in total. The van der Waals surface area contributed by atoms with Gasteiger partial charge < -0.3 is 5.32 Å². The molecule has 0 atom stereocenters.